The maximum absolute atomic E-state index is 8.50. The first kappa shape index (κ1) is 11.2. The van der Waals surface area contributed by atoms with Gasteiger partial charge in [0.15, 0.2) is 0 Å². The van der Waals surface area contributed by atoms with Crippen molar-refractivity contribution >= 4 is 8.60 Å². The summed E-state index contributed by atoms with van der Waals surface area (Å²) >= 11 is 0. The summed E-state index contributed by atoms with van der Waals surface area (Å²) in [6.07, 6.45) is -1.37. The summed E-state index contributed by atoms with van der Waals surface area (Å²) in [6, 6.07) is 0. The molecule has 0 saturated heterocycles. The largest absolute Gasteiger partial charge is 0.342 e. The molecular formula is C4H11O6P. The van der Waals surface area contributed by atoms with Gasteiger partial charge in [-0.1, -0.05) is 6.92 Å². The molecule has 1 atom stereocenters. The van der Waals surface area contributed by atoms with Crippen LogP contribution in [-0.2, 0) is 4.52 Å². The van der Waals surface area contributed by atoms with Crippen molar-refractivity contribution in [2.75, 3.05) is 0 Å². The van der Waals surface area contributed by atoms with E-state index in [1.165, 1.54) is 6.92 Å². The first-order valence-corrected chi connectivity index (χ1v) is 4.06. The van der Waals surface area contributed by atoms with E-state index in [1.54, 1.807) is 0 Å². The summed E-state index contributed by atoms with van der Waals surface area (Å²) in [6.45, 7) is 1.49. The summed E-state index contributed by atoms with van der Waals surface area (Å²) in [5, 5.41) is 25.5. The standard InChI is InChI=1S/C4H11O6P/c1-2-3(4(5,6)7)10-11(8)9/h3,5-9H,2H2,1H3. The average Bonchev–Trinajstić information content (AvgIpc) is 1.79. The number of hydrogen-bond donors (Lipinski definition) is 5. The third-order valence-electron chi connectivity index (χ3n) is 1.02. The van der Waals surface area contributed by atoms with E-state index < -0.39 is 20.7 Å². The van der Waals surface area contributed by atoms with Gasteiger partial charge >= 0.3 is 14.6 Å². The minimum absolute atomic E-state index is 0.0451. The van der Waals surface area contributed by atoms with E-state index in [2.05, 4.69) is 4.52 Å². The second kappa shape index (κ2) is 4.27. The van der Waals surface area contributed by atoms with Gasteiger partial charge in [-0.15, -0.1) is 0 Å². The quantitative estimate of drug-likeness (QED) is 0.273. The molecule has 0 heterocycles. The fourth-order valence-electron chi connectivity index (χ4n) is 0.533. The van der Waals surface area contributed by atoms with E-state index in [0.29, 0.717) is 0 Å². The van der Waals surface area contributed by atoms with E-state index >= 15 is 0 Å². The van der Waals surface area contributed by atoms with E-state index in [0.717, 1.165) is 0 Å². The molecule has 0 amide bonds. The average molecular weight is 186 g/mol. The molecule has 0 aromatic rings. The van der Waals surface area contributed by atoms with Crippen LogP contribution in [0.2, 0.25) is 0 Å². The van der Waals surface area contributed by atoms with Crippen LogP contribution < -0.4 is 0 Å². The fraction of sp³-hybridized carbons (Fsp3) is 1.00. The monoisotopic (exact) mass is 186 g/mol. The van der Waals surface area contributed by atoms with Crippen LogP contribution in [0.4, 0.5) is 0 Å². The predicted molar refractivity (Wildman–Crippen MR) is 35.9 cm³/mol. The Balaban J connectivity index is 3.96. The maximum Gasteiger partial charge on any atom is 0.327 e. The summed E-state index contributed by atoms with van der Waals surface area (Å²) in [5.74, 6) is -3.03. The predicted octanol–water partition coefficient (Wildman–Crippen LogP) is -1.38. The molecule has 68 valence electrons. The normalized spacial score (nSPS) is 15.5. The molecular weight excluding hydrogens is 175 g/mol. The summed E-state index contributed by atoms with van der Waals surface area (Å²) in [4.78, 5) is 16.6. The van der Waals surface area contributed by atoms with Gasteiger partial charge in [-0.3, -0.25) is 0 Å². The topological polar surface area (TPSA) is 110 Å². The van der Waals surface area contributed by atoms with Crippen molar-refractivity contribution in [2.24, 2.45) is 0 Å². The van der Waals surface area contributed by atoms with Crippen molar-refractivity contribution in [1.82, 2.24) is 0 Å². The van der Waals surface area contributed by atoms with Gasteiger partial charge in [-0.25, -0.2) is 0 Å². The SMILES string of the molecule is CCC(OP(O)O)C(O)(O)O. The molecule has 0 aliphatic rings. The molecule has 0 spiro atoms. The van der Waals surface area contributed by atoms with Gasteiger partial charge in [0.2, 0.25) is 0 Å². The lowest BCUT2D eigenvalue weighted by Crippen LogP contribution is -2.42. The second-order valence-electron chi connectivity index (χ2n) is 1.94. The van der Waals surface area contributed by atoms with Gasteiger partial charge in [0.1, 0.15) is 6.10 Å². The molecule has 1 unspecified atom stereocenters. The van der Waals surface area contributed by atoms with Crippen molar-refractivity contribution in [3.8, 4) is 0 Å². The second-order valence-corrected chi connectivity index (χ2v) is 2.66. The highest BCUT2D eigenvalue weighted by Crippen LogP contribution is 2.30. The van der Waals surface area contributed by atoms with Crippen molar-refractivity contribution in [3.05, 3.63) is 0 Å². The molecule has 7 heteroatoms. The molecule has 0 fully saturated rings. The zero-order valence-electron chi connectivity index (χ0n) is 5.88. The highest BCUT2D eigenvalue weighted by atomic mass is 31.2. The molecule has 0 aromatic heterocycles. The van der Waals surface area contributed by atoms with Crippen LogP contribution in [0.3, 0.4) is 0 Å². The summed E-state index contributed by atoms with van der Waals surface area (Å²) < 4.78 is 4.19. The van der Waals surface area contributed by atoms with Gasteiger partial charge in [0, 0.05) is 0 Å². The lowest BCUT2D eigenvalue weighted by molar-refractivity contribution is -0.350. The van der Waals surface area contributed by atoms with Crippen LogP contribution >= 0.6 is 8.60 Å². The van der Waals surface area contributed by atoms with Crippen LogP contribution in [0.15, 0.2) is 0 Å². The van der Waals surface area contributed by atoms with Crippen molar-refractivity contribution in [2.45, 2.75) is 25.4 Å². The highest BCUT2D eigenvalue weighted by molar-refractivity contribution is 7.39. The third-order valence-corrected chi connectivity index (χ3v) is 1.47. The van der Waals surface area contributed by atoms with Crippen LogP contribution in [0, 0.1) is 0 Å². The lowest BCUT2D eigenvalue weighted by atomic mass is 10.2. The van der Waals surface area contributed by atoms with E-state index in [-0.39, 0.29) is 6.42 Å². The van der Waals surface area contributed by atoms with Crippen molar-refractivity contribution < 1.29 is 29.6 Å². The Morgan fingerprint density at radius 3 is 1.91 bits per heavy atom. The van der Waals surface area contributed by atoms with Gasteiger partial charge < -0.3 is 29.6 Å². The van der Waals surface area contributed by atoms with Gasteiger partial charge in [0.25, 0.3) is 0 Å². The van der Waals surface area contributed by atoms with E-state index in [9.17, 15) is 0 Å². The highest BCUT2D eigenvalue weighted by Gasteiger charge is 2.33. The van der Waals surface area contributed by atoms with Crippen LogP contribution in [-0.4, -0.2) is 37.2 Å². The Morgan fingerprint density at radius 2 is 1.82 bits per heavy atom. The van der Waals surface area contributed by atoms with Crippen LogP contribution in [0.25, 0.3) is 0 Å². The third kappa shape index (κ3) is 4.60. The molecule has 0 aromatic carbocycles. The minimum Gasteiger partial charge on any atom is -0.342 e. The number of hydrogen-bond acceptors (Lipinski definition) is 6. The molecule has 0 saturated carbocycles. The molecule has 0 aliphatic carbocycles. The lowest BCUT2D eigenvalue weighted by Gasteiger charge is -2.24. The van der Waals surface area contributed by atoms with Crippen LogP contribution in [0.1, 0.15) is 13.3 Å². The summed E-state index contributed by atoms with van der Waals surface area (Å²) in [7, 11) is -2.69. The van der Waals surface area contributed by atoms with E-state index in [1.807, 2.05) is 0 Å². The zero-order chi connectivity index (χ0) is 9.07. The first-order chi connectivity index (χ1) is 4.88. The smallest absolute Gasteiger partial charge is 0.327 e. The molecule has 0 rings (SSSR count). The molecule has 0 bridgehead atoms. The van der Waals surface area contributed by atoms with Gasteiger partial charge in [-0.05, 0) is 6.42 Å². The molecule has 6 nitrogen and oxygen atoms in total. The zero-order valence-corrected chi connectivity index (χ0v) is 6.77. The molecule has 11 heavy (non-hydrogen) atoms. The maximum atomic E-state index is 8.50. The van der Waals surface area contributed by atoms with Crippen LogP contribution in [0.5, 0.6) is 0 Å². The van der Waals surface area contributed by atoms with Gasteiger partial charge in [0.05, 0.1) is 0 Å². The Kier molecular flexibility index (Phi) is 4.35. The summed E-state index contributed by atoms with van der Waals surface area (Å²) in [5.41, 5.74) is 0. The fourth-order valence-corrected chi connectivity index (χ4v) is 1.05. The Morgan fingerprint density at radius 1 is 1.36 bits per heavy atom. The Hall–Kier alpha value is 0.190. The molecule has 5 N–H and O–H groups in total. The van der Waals surface area contributed by atoms with E-state index in [4.69, 9.17) is 25.1 Å². The first-order valence-electron chi connectivity index (χ1n) is 2.89. The number of rotatable bonds is 4. The van der Waals surface area contributed by atoms with Crippen molar-refractivity contribution in [3.63, 3.8) is 0 Å². The minimum atomic E-state index is -3.03. The molecule has 0 radical (unpaired) electrons. The number of aliphatic hydroxyl groups is 3. The molecule has 0 aliphatic heterocycles. The Bertz CT molecular complexity index is 110. The van der Waals surface area contributed by atoms with Crippen molar-refractivity contribution in [1.29, 1.82) is 0 Å². The Labute approximate surface area is 64.7 Å². The van der Waals surface area contributed by atoms with Gasteiger partial charge in [-0.2, -0.15) is 0 Å².